The van der Waals surface area contributed by atoms with Gasteiger partial charge >= 0.3 is 17.9 Å². The van der Waals surface area contributed by atoms with Crippen molar-refractivity contribution in [3.05, 3.63) is 72.9 Å². The zero-order chi connectivity index (χ0) is 52.2. The summed E-state index contributed by atoms with van der Waals surface area (Å²) in [5.74, 6) is -0.900. The third-order valence-corrected chi connectivity index (χ3v) is 13.4. The van der Waals surface area contributed by atoms with Crippen LogP contribution in [0, 0.1) is 0 Å². The molecular formula is C66H116O6. The largest absolute Gasteiger partial charge is 0.462 e. The molecule has 0 aliphatic heterocycles. The maximum atomic E-state index is 12.9. The third kappa shape index (κ3) is 57.7. The van der Waals surface area contributed by atoms with Crippen LogP contribution in [-0.2, 0) is 28.6 Å². The number of hydrogen-bond acceptors (Lipinski definition) is 6. The standard InChI is InChI=1S/C66H116O6/c1-4-7-10-13-16-19-22-25-28-30-31-32-33-34-35-36-39-41-44-47-50-53-56-59-65(68)71-62-63(61-70-64(67)58-55-52-49-46-43-40-37-27-24-21-18-15-12-9-6-3)72-66(69)60-57-54-51-48-45-42-38-29-26-23-20-17-14-11-8-5-2/h9,12,18,21-22,25,27,29-31,37-38,63H,4-8,10-11,13-17,19-20,23-24,26,28,32-36,39-62H2,1-3H3/b12-9-,21-18-,25-22-,31-30-,37-27-,38-29-. The van der Waals surface area contributed by atoms with Gasteiger partial charge < -0.3 is 14.2 Å². The molecule has 0 aliphatic carbocycles. The molecule has 1 atom stereocenters. The van der Waals surface area contributed by atoms with Gasteiger partial charge in [0.1, 0.15) is 13.2 Å². The molecule has 0 N–H and O–H groups in total. The van der Waals surface area contributed by atoms with Gasteiger partial charge in [0.15, 0.2) is 6.10 Å². The molecule has 1 unspecified atom stereocenters. The van der Waals surface area contributed by atoms with E-state index < -0.39 is 6.10 Å². The summed E-state index contributed by atoms with van der Waals surface area (Å²) in [5.41, 5.74) is 0. The molecule has 0 amide bonds. The minimum atomic E-state index is -0.788. The summed E-state index contributed by atoms with van der Waals surface area (Å²) in [6.45, 7) is 6.52. The van der Waals surface area contributed by atoms with Gasteiger partial charge in [-0.1, -0.05) is 254 Å². The Bertz CT molecular complexity index is 1340. The lowest BCUT2D eigenvalue weighted by molar-refractivity contribution is -0.167. The van der Waals surface area contributed by atoms with E-state index in [-0.39, 0.29) is 31.1 Å². The molecule has 72 heavy (non-hydrogen) atoms. The average molecular weight is 1010 g/mol. The summed E-state index contributed by atoms with van der Waals surface area (Å²) in [7, 11) is 0. The van der Waals surface area contributed by atoms with Crippen LogP contribution in [-0.4, -0.2) is 37.2 Å². The first-order valence-corrected chi connectivity index (χ1v) is 30.9. The Labute approximate surface area is 446 Å². The Morgan fingerprint density at radius 2 is 0.542 bits per heavy atom. The number of rotatable bonds is 56. The molecule has 0 aromatic carbocycles. The first kappa shape index (κ1) is 68.8. The van der Waals surface area contributed by atoms with Gasteiger partial charge in [-0.05, 0) is 109 Å². The Balaban J connectivity index is 4.35. The number of ether oxygens (including phenoxy) is 3. The SMILES string of the molecule is CC/C=C\C/C=C\C/C=C\CCCCCCCC(=O)OCC(COC(=O)CCCCCCCCCCCCC/C=C\C/C=C\CCCCCCC)OC(=O)CCCCCCC/C=C\CCCCCCCCC. The number of allylic oxidation sites excluding steroid dienone is 12. The second-order valence-electron chi connectivity index (χ2n) is 20.6. The second kappa shape index (κ2) is 60.4. The van der Waals surface area contributed by atoms with Crippen LogP contribution in [0.15, 0.2) is 72.9 Å². The smallest absolute Gasteiger partial charge is 0.306 e. The van der Waals surface area contributed by atoms with E-state index >= 15 is 0 Å². The van der Waals surface area contributed by atoms with Gasteiger partial charge in [0.05, 0.1) is 0 Å². The van der Waals surface area contributed by atoms with E-state index in [0.717, 1.165) is 116 Å². The molecule has 0 bridgehead atoms. The fourth-order valence-corrected chi connectivity index (χ4v) is 8.78. The van der Waals surface area contributed by atoms with E-state index in [4.69, 9.17) is 14.2 Å². The van der Waals surface area contributed by atoms with Crippen LogP contribution in [0.5, 0.6) is 0 Å². The number of carbonyl (C=O) groups is 3. The van der Waals surface area contributed by atoms with Gasteiger partial charge in [0.25, 0.3) is 0 Å². The molecule has 0 spiro atoms. The van der Waals surface area contributed by atoms with Gasteiger partial charge in [-0.25, -0.2) is 0 Å². The lowest BCUT2D eigenvalue weighted by Crippen LogP contribution is -2.30. The zero-order valence-electron chi connectivity index (χ0n) is 47.7. The summed E-state index contributed by atoms with van der Waals surface area (Å²) in [5, 5.41) is 0. The number of unbranched alkanes of at least 4 members (excludes halogenated alkanes) is 33. The van der Waals surface area contributed by atoms with Gasteiger partial charge in [-0.3, -0.25) is 14.4 Å². The summed E-state index contributed by atoms with van der Waals surface area (Å²) in [6, 6.07) is 0. The third-order valence-electron chi connectivity index (χ3n) is 13.4. The molecular weight excluding hydrogens is 889 g/mol. The summed E-state index contributed by atoms with van der Waals surface area (Å²) >= 11 is 0. The predicted molar refractivity (Wildman–Crippen MR) is 311 cm³/mol. The van der Waals surface area contributed by atoms with E-state index in [1.54, 1.807) is 0 Å². The quantitative estimate of drug-likeness (QED) is 0.0261. The molecule has 0 aromatic heterocycles. The molecule has 0 saturated heterocycles. The van der Waals surface area contributed by atoms with Crippen molar-refractivity contribution in [3.8, 4) is 0 Å². The van der Waals surface area contributed by atoms with E-state index in [2.05, 4.69) is 93.7 Å². The molecule has 0 heterocycles. The molecule has 0 rings (SSSR count). The van der Waals surface area contributed by atoms with Gasteiger partial charge in [0.2, 0.25) is 0 Å². The van der Waals surface area contributed by atoms with E-state index in [9.17, 15) is 14.4 Å². The second-order valence-corrected chi connectivity index (χ2v) is 20.6. The maximum Gasteiger partial charge on any atom is 0.306 e. The Kier molecular flexibility index (Phi) is 57.8. The molecule has 0 aromatic rings. The van der Waals surface area contributed by atoms with Crippen molar-refractivity contribution in [2.75, 3.05) is 13.2 Å². The van der Waals surface area contributed by atoms with Crippen LogP contribution in [0.1, 0.15) is 310 Å². The summed E-state index contributed by atoms with van der Waals surface area (Å²) in [6.07, 6.45) is 77.6. The molecule has 6 nitrogen and oxygen atoms in total. The molecule has 0 aliphatic rings. The minimum Gasteiger partial charge on any atom is -0.462 e. The summed E-state index contributed by atoms with van der Waals surface area (Å²) < 4.78 is 16.9. The topological polar surface area (TPSA) is 78.9 Å². The van der Waals surface area contributed by atoms with Crippen molar-refractivity contribution in [3.63, 3.8) is 0 Å². The van der Waals surface area contributed by atoms with Crippen LogP contribution in [0.3, 0.4) is 0 Å². The highest BCUT2D eigenvalue weighted by atomic mass is 16.6. The van der Waals surface area contributed by atoms with Gasteiger partial charge in [0, 0.05) is 19.3 Å². The van der Waals surface area contributed by atoms with Crippen molar-refractivity contribution in [1.29, 1.82) is 0 Å². The molecule has 6 heteroatoms. The van der Waals surface area contributed by atoms with E-state index in [1.165, 1.54) is 154 Å². The number of carbonyl (C=O) groups excluding carboxylic acids is 3. The molecule has 0 radical (unpaired) electrons. The lowest BCUT2D eigenvalue weighted by Gasteiger charge is -2.18. The van der Waals surface area contributed by atoms with Crippen LogP contribution in [0.4, 0.5) is 0 Å². The Hall–Kier alpha value is -3.15. The lowest BCUT2D eigenvalue weighted by atomic mass is 10.0. The van der Waals surface area contributed by atoms with Crippen LogP contribution >= 0.6 is 0 Å². The number of hydrogen-bond donors (Lipinski definition) is 0. The minimum absolute atomic E-state index is 0.0843. The Morgan fingerprint density at radius 1 is 0.292 bits per heavy atom. The van der Waals surface area contributed by atoms with Crippen molar-refractivity contribution < 1.29 is 28.6 Å². The van der Waals surface area contributed by atoms with E-state index in [1.807, 2.05) is 0 Å². The van der Waals surface area contributed by atoms with Crippen LogP contribution < -0.4 is 0 Å². The highest BCUT2D eigenvalue weighted by Crippen LogP contribution is 2.16. The average Bonchev–Trinajstić information content (AvgIpc) is 3.38. The van der Waals surface area contributed by atoms with Crippen molar-refractivity contribution >= 4 is 17.9 Å². The fourth-order valence-electron chi connectivity index (χ4n) is 8.78. The predicted octanol–water partition coefficient (Wildman–Crippen LogP) is 20.9. The first-order valence-electron chi connectivity index (χ1n) is 30.9. The molecule has 0 fully saturated rings. The number of esters is 3. The van der Waals surface area contributed by atoms with Crippen molar-refractivity contribution in [1.82, 2.24) is 0 Å². The highest BCUT2D eigenvalue weighted by Gasteiger charge is 2.19. The van der Waals surface area contributed by atoms with Gasteiger partial charge in [-0.2, -0.15) is 0 Å². The molecule has 416 valence electrons. The summed E-state index contributed by atoms with van der Waals surface area (Å²) in [4.78, 5) is 38.2. The zero-order valence-corrected chi connectivity index (χ0v) is 47.7. The van der Waals surface area contributed by atoms with E-state index in [0.29, 0.717) is 19.3 Å². The van der Waals surface area contributed by atoms with Gasteiger partial charge in [-0.15, -0.1) is 0 Å². The normalized spacial score (nSPS) is 12.5. The van der Waals surface area contributed by atoms with Crippen molar-refractivity contribution in [2.45, 2.75) is 316 Å². The first-order chi connectivity index (χ1) is 35.5. The maximum absolute atomic E-state index is 12.9. The van der Waals surface area contributed by atoms with Crippen LogP contribution in [0.25, 0.3) is 0 Å². The fraction of sp³-hybridized carbons (Fsp3) is 0.773. The molecule has 0 saturated carbocycles. The van der Waals surface area contributed by atoms with Crippen LogP contribution in [0.2, 0.25) is 0 Å². The monoisotopic (exact) mass is 1000 g/mol. The Morgan fingerprint density at radius 3 is 0.861 bits per heavy atom. The highest BCUT2D eigenvalue weighted by molar-refractivity contribution is 5.71. The van der Waals surface area contributed by atoms with Crippen molar-refractivity contribution in [2.24, 2.45) is 0 Å².